The highest BCUT2D eigenvalue weighted by atomic mass is 32.1. The summed E-state index contributed by atoms with van der Waals surface area (Å²) < 4.78 is 0. The Morgan fingerprint density at radius 3 is 2.12 bits per heavy atom. The Labute approximate surface area is 155 Å². The van der Waals surface area contributed by atoms with Crippen molar-refractivity contribution in [3.8, 4) is 0 Å². The van der Waals surface area contributed by atoms with Crippen LogP contribution >= 0.6 is 12.6 Å². The Kier molecular flexibility index (Phi) is 6.66. The van der Waals surface area contributed by atoms with E-state index in [0.29, 0.717) is 4.90 Å². The summed E-state index contributed by atoms with van der Waals surface area (Å²) in [4.78, 5) is 49.1. The molecule has 0 aliphatic carbocycles. The average molecular weight is 392 g/mol. The fourth-order valence-corrected chi connectivity index (χ4v) is 3.74. The van der Waals surface area contributed by atoms with E-state index >= 15 is 0 Å². The number of likely N-dealkylation sites (tertiary alicyclic amines) is 1. The Bertz CT molecular complexity index is 612. The smallest absolute Gasteiger partial charge is 0.410 e. The second kappa shape index (κ2) is 7.80. The van der Waals surface area contributed by atoms with Gasteiger partial charge in [0, 0.05) is 12.7 Å². The summed E-state index contributed by atoms with van der Waals surface area (Å²) in [7, 11) is 0. The van der Waals surface area contributed by atoms with Crippen LogP contribution in [0.2, 0.25) is 0 Å². The van der Waals surface area contributed by atoms with E-state index in [1.54, 1.807) is 0 Å². The monoisotopic (exact) mass is 392 g/mol. The molecule has 1 heterocycles. The minimum Gasteiger partial charge on any atom is -0.480 e. The highest BCUT2D eigenvalue weighted by Crippen LogP contribution is 2.43. The van der Waals surface area contributed by atoms with Crippen molar-refractivity contribution in [2.75, 3.05) is 5.75 Å². The lowest BCUT2D eigenvalue weighted by atomic mass is 9.84. The molecule has 1 aliphatic heterocycles. The normalized spacial score (nSPS) is 28.2. The number of carbonyl (C=O) groups excluding carboxylic acids is 2. The van der Waals surface area contributed by atoms with Crippen LogP contribution in [-0.2, 0) is 14.4 Å². The van der Waals surface area contributed by atoms with Gasteiger partial charge in [-0.2, -0.15) is 12.6 Å². The number of thiol groups is 1. The highest BCUT2D eigenvalue weighted by Gasteiger charge is 2.68. The first kappa shape index (κ1) is 22.2. The predicted octanol–water partition coefficient (Wildman–Crippen LogP) is -0.552. The van der Waals surface area contributed by atoms with Crippen molar-refractivity contribution in [1.82, 2.24) is 9.80 Å². The molecule has 10 nitrogen and oxygen atoms in total. The summed E-state index contributed by atoms with van der Waals surface area (Å²) in [5, 5.41) is 40.7. The van der Waals surface area contributed by atoms with Crippen LogP contribution in [0.25, 0.3) is 0 Å². The first-order chi connectivity index (χ1) is 11.9. The minimum absolute atomic E-state index is 0.264. The Morgan fingerprint density at radius 1 is 1.31 bits per heavy atom. The fraction of sp³-hybridized carbons (Fsp3) is 0.733. The van der Waals surface area contributed by atoms with Gasteiger partial charge in [-0.25, -0.2) is 9.59 Å². The standard InChI is InChI=1S/C15H24N2O8S/c1-6(2)10(19)15(17(14(24)25)9(5-26)13(22)23)11(20)7(3)12(21)16(15)8(4)18/h6-7,9-11,19-20,26H,5H2,1-4H3,(H,22,23)(H,24,25)/t7-,9+,10+,11+,15-/m1/s1. The maximum atomic E-state index is 12.6. The van der Waals surface area contributed by atoms with Gasteiger partial charge in [-0.15, -0.1) is 0 Å². The van der Waals surface area contributed by atoms with Crippen LogP contribution in [0, 0.1) is 11.8 Å². The van der Waals surface area contributed by atoms with Gasteiger partial charge in [0.15, 0.2) is 5.66 Å². The molecule has 1 aliphatic rings. The number of aliphatic hydroxyl groups is 2. The number of nitrogens with zero attached hydrogens (tertiary/aromatic N) is 2. The number of aliphatic hydroxyl groups excluding tert-OH is 2. The van der Waals surface area contributed by atoms with Gasteiger partial charge in [0.2, 0.25) is 11.8 Å². The zero-order valence-corrected chi connectivity index (χ0v) is 15.8. The number of carbonyl (C=O) groups is 4. The molecule has 4 N–H and O–H groups in total. The lowest BCUT2D eigenvalue weighted by molar-refractivity contribution is -0.190. The number of hydrogen-bond donors (Lipinski definition) is 5. The second-order valence-electron chi connectivity index (χ2n) is 6.59. The molecule has 0 bridgehead atoms. The quantitative estimate of drug-likeness (QED) is 0.377. The zero-order chi connectivity index (χ0) is 20.6. The molecular weight excluding hydrogens is 368 g/mol. The summed E-state index contributed by atoms with van der Waals surface area (Å²) in [5.74, 6) is -5.88. The van der Waals surface area contributed by atoms with Crippen molar-refractivity contribution in [3.05, 3.63) is 0 Å². The van der Waals surface area contributed by atoms with Crippen molar-refractivity contribution < 1.29 is 39.6 Å². The number of carboxylic acids is 1. The van der Waals surface area contributed by atoms with Crippen LogP contribution in [0.1, 0.15) is 27.7 Å². The van der Waals surface area contributed by atoms with E-state index in [9.17, 15) is 39.6 Å². The summed E-state index contributed by atoms with van der Waals surface area (Å²) in [6.07, 6.45) is -5.40. The van der Waals surface area contributed by atoms with Gasteiger partial charge in [-0.1, -0.05) is 20.8 Å². The number of carboxylic acid groups (broad SMARTS) is 2. The van der Waals surface area contributed by atoms with Gasteiger partial charge in [-0.3, -0.25) is 19.4 Å². The SMILES string of the molecule is CC(=O)N1C(=O)[C@H](C)[C@H](O)[C@@]1([C@@H](O)C(C)C)N(C(=O)O)[C@@H](CS)C(=O)O. The third-order valence-electron chi connectivity index (χ3n) is 4.62. The molecule has 0 spiro atoms. The van der Waals surface area contributed by atoms with E-state index in [4.69, 9.17) is 0 Å². The molecule has 0 aromatic heterocycles. The van der Waals surface area contributed by atoms with Gasteiger partial charge in [0.25, 0.3) is 0 Å². The van der Waals surface area contributed by atoms with Crippen molar-refractivity contribution in [1.29, 1.82) is 0 Å². The minimum atomic E-state index is -2.49. The van der Waals surface area contributed by atoms with Crippen LogP contribution < -0.4 is 0 Å². The molecule has 3 amide bonds. The largest absolute Gasteiger partial charge is 0.480 e. The molecule has 1 saturated heterocycles. The van der Waals surface area contributed by atoms with Crippen molar-refractivity contribution in [2.24, 2.45) is 11.8 Å². The summed E-state index contributed by atoms with van der Waals surface area (Å²) in [6, 6.07) is -1.82. The molecule has 0 radical (unpaired) electrons. The van der Waals surface area contributed by atoms with Crippen molar-refractivity contribution >= 4 is 36.5 Å². The number of imide groups is 1. The van der Waals surface area contributed by atoms with E-state index in [1.165, 1.54) is 20.8 Å². The molecule has 5 atom stereocenters. The second-order valence-corrected chi connectivity index (χ2v) is 6.95. The van der Waals surface area contributed by atoms with Crippen LogP contribution in [0.5, 0.6) is 0 Å². The molecular formula is C15H24N2O8S. The molecule has 148 valence electrons. The molecule has 11 heteroatoms. The zero-order valence-electron chi connectivity index (χ0n) is 14.9. The first-order valence-electron chi connectivity index (χ1n) is 7.93. The number of hydrogen-bond acceptors (Lipinski definition) is 7. The molecule has 0 aromatic carbocycles. The summed E-state index contributed by atoms with van der Waals surface area (Å²) in [5.41, 5.74) is -2.49. The van der Waals surface area contributed by atoms with Crippen LogP contribution in [0.15, 0.2) is 0 Å². The summed E-state index contributed by atoms with van der Waals surface area (Å²) >= 11 is 3.86. The number of aliphatic carboxylic acids is 1. The number of rotatable bonds is 6. The topological polar surface area (TPSA) is 156 Å². The Hall–Kier alpha value is -1.85. The van der Waals surface area contributed by atoms with Crippen molar-refractivity contribution in [3.63, 3.8) is 0 Å². The van der Waals surface area contributed by atoms with Gasteiger partial charge in [0.05, 0.1) is 5.92 Å². The Morgan fingerprint density at radius 2 is 1.81 bits per heavy atom. The highest BCUT2D eigenvalue weighted by molar-refractivity contribution is 7.80. The van der Waals surface area contributed by atoms with Crippen LogP contribution in [0.3, 0.4) is 0 Å². The molecule has 1 fully saturated rings. The molecule has 1 rings (SSSR count). The van der Waals surface area contributed by atoms with Gasteiger partial charge < -0.3 is 20.4 Å². The molecule has 0 unspecified atom stereocenters. The maximum absolute atomic E-state index is 12.6. The van der Waals surface area contributed by atoms with Crippen LogP contribution in [0.4, 0.5) is 4.79 Å². The van der Waals surface area contributed by atoms with E-state index < -0.39 is 65.4 Å². The number of amides is 3. The lowest BCUT2D eigenvalue weighted by Gasteiger charge is -2.51. The third kappa shape index (κ3) is 3.14. The van der Waals surface area contributed by atoms with Crippen molar-refractivity contribution in [2.45, 2.75) is 51.6 Å². The van der Waals surface area contributed by atoms with Gasteiger partial charge >= 0.3 is 12.1 Å². The third-order valence-corrected chi connectivity index (χ3v) is 4.97. The van der Waals surface area contributed by atoms with Gasteiger partial charge in [-0.05, 0) is 5.92 Å². The lowest BCUT2D eigenvalue weighted by Crippen LogP contribution is -2.75. The Balaban J connectivity index is 3.90. The van der Waals surface area contributed by atoms with E-state index in [0.717, 1.165) is 6.92 Å². The molecule has 0 saturated carbocycles. The predicted molar refractivity (Wildman–Crippen MR) is 91.4 cm³/mol. The summed E-state index contributed by atoms with van der Waals surface area (Å²) in [6.45, 7) is 5.22. The fourth-order valence-electron chi connectivity index (χ4n) is 3.42. The maximum Gasteiger partial charge on any atom is 0.410 e. The first-order valence-corrected chi connectivity index (χ1v) is 8.57. The van der Waals surface area contributed by atoms with E-state index in [1.807, 2.05) is 0 Å². The average Bonchev–Trinajstić information content (AvgIpc) is 2.72. The van der Waals surface area contributed by atoms with Gasteiger partial charge in [0.1, 0.15) is 18.2 Å². The molecule has 0 aromatic rings. The molecule has 26 heavy (non-hydrogen) atoms. The van der Waals surface area contributed by atoms with E-state index in [-0.39, 0.29) is 4.90 Å². The van der Waals surface area contributed by atoms with E-state index in [2.05, 4.69) is 12.6 Å². The van der Waals surface area contributed by atoms with Crippen LogP contribution in [-0.4, -0.2) is 83.8 Å².